The summed E-state index contributed by atoms with van der Waals surface area (Å²) in [6, 6.07) is -0.138. The number of aliphatic hydroxyl groups is 1. The highest BCUT2D eigenvalue weighted by atomic mass is 16.7. The van der Waals surface area contributed by atoms with Crippen molar-refractivity contribution in [3.05, 3.63) is 0 Å². The zero-order valence-electron chi connectivity index (χ0n) is 29.0. The largest absolute Gasteiger partial charge is 0.460 e. The Labute approximate surface area is 260 Å². The highest BCUT2D eigenvalue weighted by molar-refractivity contribution is 6.04. The van der Waals surface area contributed by atoms with Crippen LogP contribution in [0.5, 0.6) is 0 Å². The SMILES string of the molecule is CO[C@]1(C)C[C@@H](C)CN(C)[C@H](C2CCN(C)CC2)[C@H](C)OC(=O)C(C)(C)C(=O)[C@H](C)[C@H]1O[C@@H]1O[C@H](C)CC(N(C)C)[C@H]1O. The number of aliphatic hydroxyl groups excluding tert-OH is 1. The molecule has 43 heavy (non-hydrogen) atoms. The van der Waals surface area contributed by atoms with Gasteiger partial charge in [-0.05, 0) is 113 Å². The number of hydrogen-bond acceptors (Lipinski definition) is 10. The Hall–Kier alpha value is -1.14. The van der Waals surface area contributed by atoms with E-state index >= 15 is 0 Å². The van der Waals surface area contributed by atoms with Crippen LogP contribution in [0, 0.1) is 23.2 Å². The average molecular weight is 612 g/mol. The van der Waals surface area contributed by atoms with Crippen molar-refractivity contribution in [3.63, 3.8) is 0 Å². The number of likely N-dealkylation sites (N-methyl/N-ethyl adjacent to an activating group) is 2. The number of carbonyl (C=O) groups excluding carboxylic acids is 2. The van der Waals surface area contributed by atoms with Gasteiger partial charge in [0.25, 0.3) is 0 Å². The normalized spacial score (nSPS) is 41.8. The first-order valence-electron chi connectivity index (χ1n) is 16.3. The van der Waals surface area contributed by atoms with Crippen LogP contribution in [0.1, 0.15) is 74.1 Å². The van der Waals surface area contributed by atoms with Gasteiger partial charge in [0, 0.05) is 31.7 Å². The second kappa shape index (κ2) is 14.5. The van der Waals surface area contributed by atoms with Crippen LogP contribution in [0.4, 0.5) is 0 Å². The molecule has 0 aromatic rings. The lowest BCUT2D eigenvalue weighted by Gasteiger charge is -2.47. The average Bonchev–Trinajstić information content (AvgIpc) is 2.92. The fourth-order valence-corrected chi connectivity index (χ4v) is 7.94. The van der Waals surface area contributed by atoms with Gasteiger partial charge < -0.3 is 33.9 Å². The molecule has 0 spiro atoms. The minimum atomic E-state index is -1.41. The highest BCUT2D eigenvalue weighted by Gasteiger charge is 2.52. The van der Waals surface area contributed by atoms with Crippen LogP contribution in [0.15, 0.2) is 0 Å². The predicted octanol–water partition coefficient (Wildman–Crippen LogP) is 3.05. The number of esters is 1. The summed E-state index contributed by atoms with van der Waals surface area (Å²) in [5.41, 5.74) is -2.32. The minimum absolute atomic E-state index is 0.0280. The number of Topliss-reactive ketones (excluding diaryl/α,β-unsaturated/α-hetero) is 1. The lowest BCUT2D eigenvalue weighted by Crippen LogP contribution is -2.59. The van der Waals surface area contributed by atoms with E-state index in [4.69, 9.17) is 18.9 Å². The molecule has 3 fully saturated rings. The second-order valence-corrected chi connectivity index (χ2v) is 14.9. The molecule has 3 rings (SSSR count). The molecule has 3 aliphatic rings. The summed E-state index contributed by atoms with van der Waals surface area (Å²) in [4.78, 5) is 34.7. The van der Waals surface area contributed by atoms with Crippen LogP contribution >= 0.6 is 0 Å². The first-order valence-corrected chi connectivity index (χ1v) is 16.3. The van der Waals surface area contributed by atoms with Crippen molar-refractivity contribution in [3.8, 4) is 0 Å². The van der Waals surface area contributed by atoms with E-state index < -0.39 is 41.4 Å². The minimum Gasteiger partial charge on any atom is -0.460 e. The third-order valence-electron chi connectivity index (χ3n) is 10.5. The molecule has 0 amide bonds. The summed E-state index contributed by atoms with van der Waals surface area (Å²) in [7, 11) is 9.77. The number of rotatable bonds is 5. The molecule has 0 aliphatic carbocycles. The number of likely N-dealkylation sites (tertiary alicyclic amines) is 1. The monoisotopic (exact) mass is 611 g/mol. The summed E-state index contributed by atoms with van der Waals surface area (Å²) in [6.45, 7) is 16.0. The van der Waals surface area contributed by atoms with Crippen molar-refractivity contribution in [2.24, 2.45) is 23.2 Å². The number of ether oxygens (including phenoxy) is 4. The Bertz CT molecular complexity index is 939. The van der Waals surface area contributed by atoms with Gasteiger partial charge >= 0.3 is 5.97 Å². The van der Waals surface area contributed by atoms with Crippen LogP contribution in [0.2, 0.25) is 0 Å². The Morgan fingerprint density at radius 3 is 2.19 bits per heavy atom. The summed E-state index contributed by atoms with van der Waals surface area (Å²) in [5.74, 6) is -1.01. The molecule has 10 atom stereocenters. The van der Waals surface area contributed by atoms with Gasteiger partial charge in [0.05, 0.1) is 17.8 Å². The van der Waals surface area contributed by atoms with E-state index in [0.29, 0.717) is 18.8 Å². The van der Waals surface area contributed by atoms with Gasteiger partial charge in [-0.15, -0.1) is 0 Å². The molecular formula is C33H61N3O7. The van der Waals surface area contributed by atoms with E-state index in [1.807, 2.05) is 39.8 Å². The maximum Gasteiger partial charge on any atom is 0.319 e. The molecule has 0 saturated carbocycles. The third-order valence-corrected chi connectivity index (χ3v) is 10.5. The molecule has 1 N–H and O–H groups in total. The topological polar surface area (TPSA) is 101 Å². The molecule has 3 saturated heterocycles. The Kier molecular flexibility index (Phi) is 12.3. The Morgan fingerprint density at radius 1 is 1.02 bits per heavy atom. The quantitative estimate of drug-likeness (QED) is 0.369. The molecule has 0 aromatic carbocycles. The first kappa shape index (κ1) is 36.3. The smallest absolute Gasteiger partial charge is 0.319 e. The van der Waals surface area contributed by atoms with E-state index in [0.717, 1.165) is 32.5 Å². The van der Waals surface area contributed by atoms with Crippen molar-refractivity contribution in [1.82, 2.24) is 14.7 Å². The van der Waals surface area contributed by atoms with Gasteiger partial charge in [0.15, 0.2) is 12.1 Å². The van der Waals surface area contributed by atoms with E-state index in [2.05, 4.69) is 30.8 Å². The molecule has 0 bridgehead atoms. The van der Waals surface area contributed by atoms with Crippen molar-refractivity contribution in [2.45, 2.75) is 123 Å². The van der Waals surface area contributed by atoms with Crippen molar-refractivity contribution in [1.29, 1.82) is 0 Å². The standard InChI is InChI=1S/C33H61N3O7/c1-20-18-33(7,40-12)29(43-30-27(37)25(34(8)9)17-21(2)41-30)22(3)28(38)32(5,6)31(39)42-23(4)26(36(11)19-20)24-13-15-35(10)16-14-24/h20-27,29-30,37H,13-19H2,1-12H3/t20-,21-,22+,23+,25?,26+,27-,29-,30+,33-/m1/s1. The van der Waals surface area contributed by atoms with Crippen LogP contribution in [0.25, 0.3) is 0 Å². The molecular weight excluding hydrogens is 550 g/mol. The lowest BCUT2D eigenvalue weighted by atomic mass is 9.74. The summed E-state index contributed by atoms with van der Waals surface area (Å²) in [5, 5.41) is 11.3. The number of piperidine rings is 1. The lowest BCUT2D eigenvalue weighted by molar-refractivity contribution is -0.295. The molecule has 250 valence electrons. The van der Waals surface area contributed by atoms with E-state index in [1.54, 1.807) is 27.9 Å². The predicted molar refractivity (Wildman–Crippen MR) is 167 cm³/mol. The van der Waals surface area contributed by atoms with Crippen molar-refractivity contribution >= 4 is 11.8 Å². The maximum absolute atomic E-state index is 14.3. The summed E-state index contributed by atoms with van der Waals surface area (Å²) < 4.78 is 25.2. The molecule has 1 unspecified atom stereocenters. The Morgan fingerprint density at radius 2 is 1.63 bits per heavy atom. The highest BCUT2D eigenvalue weighted by Crippen LogP contribution is 2.39. The maximum atomic E-state index is 14.3. The number of cyclic esters (lactones) is 1. The van der Waals surface area contributed by atoms with Gasteiger partial charge in [-0.25, -0.2) is 0 Å². The number of nitrogens with zero attached hydrogens (tertiary/aromatic N) is 3. The fraction of sp³-hybridized carbons (Fsp3) is 0.939. The van der Waals surface area contributed by atoms with Crippen LogP contribution < -0.4 is 0 Å². The van der Waals surface area contributed by atoms with E-state index in [9.17, 15) is 14.7 Å². The van der Waals surface area contributed by atoms with Crippen LogP contribution in [0.3, 0.4) is 0 Å². The van der Waals surface area contributed by atoms with Gasteiger partial charge in [-0.3, -0.25) is 14.5 Å². The van der Waals surface area contributed by atoms with E-state index in [-0.39, 0.29) is 36.0 Å². The van der Waals surface area contributed by atoms with Gasteiger partial charge in [-0.1, -0.05) is 13.8 Å². The molecule has 0 radical (unpaired) electrons. The van der Waals surface area contributed by atoms with E-state index in [1.165, 1.54) is 0 Å². The number of ketones is 1. The molecule has 10 heteroatoms. The van der Waals surface area contributed by atoms with Crippen molar-refractivity contribution in [2.75, 3.05) is 54.9 Å². The third kappa shape index (κ3) is 8.18. The zero-order chi connectivity index (χ0) is 32.4. The first-order chi connectivity index (χ1) is 19.9. The van der Waals surface area contributed by atoms with Crippen LogP contribution in [-0.2, 0) is 28.5 Å². The zero-order valence-corrected chi connectivity index (χ0v) is 29.0. The number of methoxy groups -OCH3 is 1. The van der Waals surface area contributed by atoms with Crippen LogP contribution in [-0.4, -0.2) is 135 Å². The fourth-order valence-electron chi connectivity index (χ4n) is 7.94. The van der Waals surface area contributed by atoms with Gasteiger partial charge in [-0.2, -0.15) is 0 Å². The molecule has 3 aliphatic heterocycles. The molecule has 0 aromatic heterocycles. The van der Waals surface area contributed by atoms with Gasteiger partial charge in [0.1, 0.15) is 17.6 Å². The van der Waals surface area contributed by atoms with Gasteiger partial charge in [0.2, 0.25) is 0 Å². The summed E-state index contributed by atoms with van der Waals surface area (Å²) in [6.07, 6.45) is 0.139. The number of hydrogen-bond donors (Lipinski definition) is 1. The summed E-state index contributed by atoms with van der Waals surface area (Å²) >= 11 is 0. The molecule has 3 heterocycles. The molecule has 10 nitrogen and oxygen atoms in total. The number of carbonyl (C=O) groups is 2. The second-order valence-electron chi connectivity index (χ2n) is 14.9. The Balaban J connectivity index is 2.02. The van der Waals surface area contributed by atoms with Crippen molar-refractivity contribution < 1.29 is 33.6 Å².